The van der Waals surface area contributed by atoms with E-state index in [-0.39, 0.29) is 11.6 Å². The fourth-order valence-corrected chi connectivity index (χ4v) is 2.73. The molecule has 2 nitrogen and oxygen atoms in total. The van der Waals surface area contributed by atoms with Crippen LogP contribution < -0.4 is 5.73 Å². The average molecular weight is 233 g/mol. The highest BCUT2D eigenvalue weighted by atomic mass is 16.5. The van der Waals surface area contributed by atoms with Crippen molar-refractivity contribution in [3.63, 3.8) is 0 Å². The molecule has 0 saturated heterocycles. The van der Waals surface area contributed by atoms with Crippen molar-refractivity contribution in [2.75, 3.05) is 7.11 Å². The van der Waals surface area contributed by atoms with E-state index in [4.69, 9.17) is 10.5 Å². The van der Waals surface area contributed by atoms with Crippen LogP contribution in [0.4, 0.5) is 0 Å². The Kier molecular flexibility index (Phi) is 3.85. The minimum Gasteiger partial charge on any atom is -0.378 e. The highest BCUT2D eigenvalue weighted by Crippen LogP contribution is 2.38. The fourth-order valence-electron chi connectivity index (χ4n) is 2.73. The summed E-state index contributed by atoms with van der Waals surface area (Å²) in [6.45, 7) is 2.15. The SMILES string of the molecule is COC1(CC(N)Cc2ccccc2C)CCC1. The molecule has 1 fully saturated rings. The van der Waals surface area contributed by atoms with Gasteiger partial charge in [0.15, 0.2) is 0 Å². The lowest BCUT2D eigenvalue weighted by atomic mass is 9.75. The van der Waals surface area contributed by atoms with Crippen LogP contribution in [0.1, 0.15) is 36.8 Å². The number of nitrogens with two attached hydrogens (primary N) is 1. The van der Waals surface area contributed by atoms with Crippen molar-refractivity contribution in [3.05, 3.63) is 35.4 Å². The summed E-state index contributed by atoms with van der Waals surface area (Å²) in [7, 11) is 1.82. The molecule has 1 aliphatic carbocycles. The monoisotopic (exact) mass is 233 g/mol. The molecule has 17 heavy (non-hydrogen) atoms. The van der Waals surface area contributed by atoms with E-state index in [0.29, 0.717) is 0 Å². The Balaban J connectivity index is 1.93. The van der Waals surface area contributed by atoms with Gasteiger partial charge in [0.1, 0.15) is 0 Å². The first kappa shape index (κ1) is 12.6. The average Bonchev–Trinajstić information content (AvgIpc) is 2.27. The van der Waals surface area contributed by atoms with Crippen molar-refractivity contribution < 1.29 is 4.74 Å². The number of benzene rings is 1. The normalized spacial score (nSPS) is 19.7. The minimum absolute atomic E-state index is 0.0854. The molecule has 1 aliphatic rings. The van der Waals surface area contributed by atoms with Crippen LogP contribution in [0.15, 0.2) is 24.3 Å². The molecule has 0 aromatic heterocycles. The third kappa shape index (κ3) is 2.88. The maximum absolute atomic E-state index is 6.27. The molecular weight excluding hydrogens is 210 g/mol. The van der Waals surface area contributed by atoms with E-state index < -0.39 is 0 Å². The Bertz CT molecular complexity index is 365. The van der Waals surface area contributed by atoms with Crippen LogP contribution in [0.25, 0.3) is 0 Å². The molecule has 1 atom stereocenters. The van der Waals surface area contributed by atoms with Gasteiger partial charge in [0.2, 0.25) is 0 Å². The Morgan fingerprint density at radius 1 is 1.35 bits per heavy atom. The van der Waals surface area contributed by atoms with Crippen LogP contribution in [0, 0.1) is 6.92 Å². The number of aryl methyl sites for hydroxylation is 1. The molecule has 0 bridgehead atoms. The van der Waals surface area contributed by atoms with Crippen molar-refractivity contribution in [1.82, 2.24) is 0 Å². The number of ether oxygens (including phenoxy) is 1. The predicted octanol–water partition coefficient (Wildman–Crippen LogP) is 2.82. The molecule has 2 N–H and O–H groups in total. The van der Waals surface area contributed by atoms with Crippen molar-refractivity contribution in [2.45, 2.75) is 50.7 Å². The first-order valence-electron chi connectivity index (χ1n) is 6.50. The molecule has 0 amide bonds. The molecule has 0 radical (unpaired) electrons. The molecule has 2 heteroatoms. The van der Waals surface area contributed by atoms with Gasteiger partial charge in [-0.3, -0.25) is 0 Å². The summed E-state index contributed by atoms with van der Waals surface area (Å²) >= 11 is 0. The second kappa shape index (κ2) is 5.19. The number of hydrogen-bond acceptors (Lipinski definition) is 2. The van der Waals surface area contributed by atoms with Crippen LogP contribution in [0.3, 0.4) is 0 Å². The Labute approximate surface area is 104 Å². The van der Waals surface area contributed by atoms with Gasteiger partial charge in [-0.15, -0.1) is 0 Å². The summed E-state index contributed by atoms with van der Waals surface area (Å²) in [5.74, 6) is 0. The lowest BCUT2D eigenvalue weighted by Crippen LogP contribution is -2.45. The van der Waals surface area contributed by atoms with Gasteiger partial charge in [0.25, 0.3) is 0 Å². The maximum atomic E-state index is 6.27. The zero-order valence-corrected chi connectivity index (χ0v) is 10.9. The van der Waals surface area contributed by atoms with Crippen LogP contribution in [-0.4, -0.2) is 18.8 Å². The van der Waals surface area contributed by atoms with Crippen LogP contribution >= 0.6 is 0 Å². The zero-order valence-electron chi connectivity index (χ0n) is 10.9. The standard InChI is InChI=1S/C15H23NO/c1-12-6-3-4-7-13(12)10-14(16)11-15(17-2)8-5-9-15/h3-4,6-7,14H,5,8-11,16H2,1-2H3. The van der Waals surface area contributed by atoms with Crippen molar-refractivity contribution >= 4 is 0 Å². The van der Waals surface area contributed by atoms with E-state index in [2.05, 4.69) is 31.2 Å². The van der Waals surface area contributed by atoms with E-state index in [9.17, 15) is 0 Å². The van der Waals surface area contributed by atoms with Crippen LogP contribution in [0.2, 0.25) is 0 Å². The van der Waals surface area contributed by atoms with E-state index in [1.165, 1.54) is 30.4 Å². The van der Waals surface area contributed by atoms with Gasteiger partial charge in [0, 0.05) is 13.2 Å². The van der Waals surface area contributed by atoms with Gasteiger partial charge in [0.05, 0.1) is 5.60 Å². The number of rotatable bonds is 5. The summed E-state index contributed by atoms with van der Waals surface area (Å²) in [6.07, 6.45) is 5.57. The van der Waals surface area contributed by atoms with Crippen LogP contribution in [-0.2, 0) is 11.2 Å². The second-order valence-corrected chi connectivity index (χ2v) is 5.34. The quantitative estimate of drug-likeness (QED) is 0.848. The lowest BCUT2D eigenvalue weighted by Gasteiger charge is -2.42. The molecule has 0 spiro atoms. The number of hydrogen-bond donors (Lipinski definition) is 1. The minimum atomic E-state index is 0.0854. The van der Waals surface area contributed by atoms with Gasteiger partial charge in [-0.1, -0.05) is 24.3 Å². The first-order valence-corrected chi connectivity index (χ1v) is 6.50. The molecule has 1 saturated carbocycles. The second-order valence-electron chi connectivity index (χ2n) is 5.34. The molecule has 1 aromatic carbocycles. The van der Waals surface area contributed by atoms with Crippen LogP contribution in [0.5, 0.6) is 0 Å². The molecule has 94 valence electrons. The van der Waals surface area contributed by atoms with Crippen molar-refractivity contribution in [2.24, 2.45) is 5.73 Å². The Morgan fingerprint density at radius 2 is 2.06 bits per heavy atom. The third-order valence-electron chi connectivity index (χ3n) is 4.08. The van der Waals surface area contributed by atoms with Crippen molar-refractivity contribution in [3.8, 4) is 0 Å². The Morgan fingerprint density at radius 3 is 2.59 bits per heavy atom. The summed E-state index contributed by atoms with van der Waals surface area (Å²) in [5, 5.41) is 0. The first-order chi connectivity index (χ1) is 8.15. The smallest absolute Gasteiger partial charge is 0.0693 e. The Hall–Kier alpha value is -0.860. The summed E-state index contributed by atoms with van der Waals surface area (Å²) in [5.41, 5.74) is 9.05. The summed E-state index contributed by atoms with van der Waals surface area (Å²) in [4.78, 5) is 0. The van der Waals surface area contributed by atoms with E-state index in [0.717, 1.165) is 12.8 Å². The van der Waals surface area contributed by atoms with Gasteiger partial charge in [-0.05, 0) is 50.2 Å². The summed E-state index contributed by atoms with van der Waals surface area (Å²) in [6, 6.07) is 8.70. The zero-order chi connectivity index (χ0) is 12.3. The molecule has 0 aliphatic heterocycles. The topological polar surface area (TPSA) is 35.2 Å². The van der Waals surface area contributed by atoms with Gasteiger partial charge < -0.3 is 10.5 Å². The van der Waals surface area contributed by atoms with Crippen molar-refractivity contribution in [1.29, 1.82) is 0 Å². The molecule has 1 aromatic rings. The fraction of sp³-hybridized carbons (Fsp3) is 0.600. The van der Waals surface area contributed by atoms with Gasteiger partial charge in [-0.25, -0.2) is 0 Å². The lowest BCUT2D eigenvalue weighted by molar-refractivity contribution is -0.0813. The predicted molar refractivity (Wildman–Crippen MR) is 71.1 cm³/mol. The maximum Gasteiger partial charge on any atom is 0.0693 e. The molecule has 0 heterocycles. The van der Waals surface area contributed by atoms with Gasteiger partial charge in [-0.2, -0.15) is 0 Å². The largest absolute Gasteiger partial charge is 0.378 e. The molecular formula is C15H23NO. The van der Waals surface area contributed by atoms with E-state index in [1.807, 2.05) is 7.11 Å². The third-order valence-corrected chi connectivity index (χ3v) is 4.08. The highest BCUT2D eigenvalue weighted by molar-refractivity contribution is 5.26. The molecule has 1 unspecified atom stereocenters. The van der Waals surface area contributed by atoms with E-state index in [1.54, 1.807) is 0 Å². The van der Waals surface area contributed by atoms with Gasteiger partial charge >= 0.3 is 0 Å². The number of methoxy groups -OCH3 is 1. The van der Waals surface area contributed by atoms with E-state index >= 15 is 0 Å². The summed E-state index contributed by atoms with van der Waals surface area (Å²) < 4.78 is 5.63. The highest BCUT2D eigenvalue weighted by Gasteiger charge is 2.38. The molecule has 2 rings (SSSR count).